The van der Waals surface area contributed by atoms with Crippen molar-refractivity contribution in [3.8, 4) is 0 Å². The molecular formula is C15H16N2O3S. The highest BCUT2D eigenvalue weighted by atomic mass is 32.1. The number of amides is 2. The second-order valence-corrected chi connectivity index (χ2v) is 5.42. The Morgan fingerprint density at radius 3 is 2.81 bits per heavy atom. The molecule has 1 aromatic carbocycles. The van der Waals surface area contributed by atoms with Crippen LogP contribution in [0.4, 0.5) is 10.5 Å². The predicted molar refractivity (Wildman–Crippen MR) is 83.0 cm³/mol. The molecule has 5 nitrogen and oxygen atoms in total. The molecule has 21 heavy (non-hydrogen) atoms. The zero-order chi connectivity index (χ0) is 15.2. The molecule has 0 bridgehead atoms. The fourth-order valence-electron chi connectivity index (χ4n) is 1.90. The van der Waals surface area contributed by atoms with Gasteiger partial charge in [0.1, 0.15) is 0 Å². The molecular weight excluding hydrogens is 288 g/mol. The Balaban J connectivity index is 1.93. The Morgan fingerprint density at radius 2 is 2.10 bits per heavy atom. The molecule has 2 aromatic rings. The Hall–Kier alpha value is -2.34. The molecule has 0 aliphatic rings. The Morgan fingerprint density at radius 1 is 1.29 bits per heavy atom. The molecule has 0 aliphatic heterocycles. The molecule has 2 rings (SSSR count). The van der Waals surface area contributed by atoms with Gasteiger partial charge in [0.15, 0.2) is 0 Å². The summed E-state index contributed by atoms with van der Waals surface area (Å²) >= 11 is 1.61. The number of urea groups is 1. The van der Waals surface area contributed by atoms with E-state index < -0.39 is 5.97 Å². The Labute approximate surface area is 126 Å². The second-order valence-electron chi connectivity index (χ2n) is 4.42. The summed E-state index contributed by atoms with van der Waals surface area (Å²) in [6, 6.07) is 7.83. The lowest BCUT2D eigenvalue weighted by Gasteiger charge is -2.08. The molecule has 2 amide bonds. The van der Waals surface area contributed by atoms with Crippen LogP contribution in [0.2, 0.25) is 0 Å². The maximum absolute atomic E-state index is 11.8. The number of carbonyl (C=O) groups is 2. The van der Waals surface area contributed by atoms with Gasteiger partial charge in [0.25, 0.3) is 0 Å². The first-order valence-electron chi connectivity index (χ1n) is 6.53. The highest BCUT2D eigenvalue weighted by molar-refractivity contribution is 7.10. The van der Waals surface area contributed by atoms with E-state index in [2.05, 4.69) is 23.6 Å². The predicted octanol–water partition coefficient (Wildman–Crippen LogP) is 3.33. The van der Waals surface area contributed by atoms with Crippen molar-refractivity contribution in [2.75, 3.05) is 5.32 Å². The van der Waals surface area contributed by atoms with Crippen molar-refractivity contribution in [2.24, 2.45) is 0 Å². The fraction of sp³-hybridized carbons (Fsp3) is 0.200. The summed E-state index contributed by atoms with van der Waals surface area (Å²) in [7, 11) is 0. The van der Waals surface area contributed by atoms with E-state index in [0.717, 1.165) is 11.3 Å². The van der Waals surface area contributed by atoms with Crippen LogP contribution in [0.25, 0.3) is 0 Å². The average molecular weight is 304 g/mol. The maximum atomic E-state index is 11.8. The van der Waals surface area contributed by atoms with Gasteiger partial charge >= 0.3 is 12.0 Å². The number of anilines is 1. The topological polar surface area (TPSA) is 78.4 Å². The van der Waals surface area contributed by atoms with Crippen molar-refractivity contribution < 1.29 is 14.7 Å². The smallest absolute Gasteiger partial charge is 0.335 e. The van der Waals surface area contributed by atoms with Crippen molar-refractivity contribution in [3.05, 3.63) is 51.7 Å². The molecule has 1 heterocycles. The van der Waals surface area contributed by atoms with Crippen molar-refractivity contribution in [1.29, 1.82) is 0 Å². The highest BCUT2D eigenvalue weighted by Crippen LogP contribution is 2.17. The van der Waals surface area contributed by atoms with Crippen LogP contribution < -0.4 is 10.6 Å². The van der Waals surface area contributed by atoms with E-state index in [4.69, 9.17) is 5.11 Å². The number of hydrogen-bond donors (Lipinski definition) is 3. The minimum absolute atomic E-state index is 0.138. The lowest BCUT2D eigenvalue weighted by Crippen LogP contribution is -2.28. The Bertz CT molecular complexity index is 652. The van der Waals surface area contributed by atoms with E-state index in [1.54, 1.807) is 23.5 Å². The van der Waals surface area contributed by atoms with Crippen LogP contribution in [0, 0.1) is 0 Å². The third-order valence-electron chi connectivity index (χ3n) is 3.00. The van der Waals surface area contributed by atoms with E-state index in [-0.39, 0.29) is 11.6 Å². The van der Waals surface area contributed by atoms with Crippen LogP contribution in [-0.2, 0) is 13.0 Å². The van der Waals surface area contributed by atoms with Gasteiger partial charge in [0, 0.05) is 10.6 Å². The number of thiophene rings is 1. The number of carboxylic acids is 1. The number of carbonyl (C=O) groups excluding carboxylic acids is 1. The molecule has 0 saturated carbocycles. The molecule has 110 valence electrons. The van der Waals surface area contributed by atoms with E-state index in [1.165, 1.54) is 17.7 Å². The van der Waals surface area contributed by atoms with Crippen molar-refractivity contribution in [1.82, 2.24) is 5.32 Å². The first-order valence-corrected chi connectivity index (χ1v) is 7.41. The summed E-state index contributed by atoms with van der Waals surface area (Å²) in [5.74, 6) is -1.02. The van der Waals surface area contributed by atoms with E-state index in [0.29, 0.717) is 12.2 Å². The third-order valence-corrected chi connectivity index (χ3v) is 3.96. The lowest BCUT2D eigenvalue weighted by molar-refractivity contribution is 0.0697. The summed E-state index contributed by atoms with van der Waals surface area (Å²) in [5.41, 5.74) is 1.82. The summed E-state index contributed by atoms with van der Waals surface area (Å²) in [4.78, 5) is 23.8. The van der Waals surface area contributed by atoms with Crippen molar-refractivity contribution >= 4 is 29.0 Å². The minimum atomic E-state index is -1.02. The summed E-state index contributed by atoms with van der Waals surface area (Å²) in [6.07, 6.45) is 0.933. The fourth-order valence-corrected chi connectivity index (χ4v) is 2.82. The van der Waals surface area contributed by atoms with E-state index in [9.17, 15) is 9.59 Å². The van der Waals surface area contributed by atoms with Gasteiger partial charge in [-0.05, 0) is 41.6 Å². The van der Waals surface area contributed by atoms with Gasteiger partial charge in [0.05, 0.1) is 12.1 Å². The quantitative estimate of drug-likeness (QED) is 0.792. The molecule has 0 unspecified atom stereocenters. The monoisotopic (exact) mass is 304 g/mol. The molecule has 0 atom stereocenters. The largest absolute Gasteiger partial charge is 0.478 e. The summed E-state index contributed by atoms with van der Waals surface area (Å²) in [6.45, 7) is 2.54. The van der Waals surface area contributed by atoms with Gasteiger partial charge in [0.2, 0.25) is 0 Å². The van der Waals surface area contributed by atoms with Gasteiger partial charge < -0.3 is 15.7 Å². The number of hydrogen-bond acceptors (Lipinski definition) is 3. The van der Waals surface area contributed by atoms with Gasteiger partial charge in [-0.15, -0.1) is 11.3 Å². The molecule has 0 radical (unpaired) electrons. The van der Waals surface area contributed by atoms with Crippen molar-refractivity contribution in [3.63, 3.8) is 0 Å². The van der Waals surface area contributed by atoms with Crippen LogP contribution in [0.15, 0.2) is 35.7 Å². The van der Waals surface area contributed by atoms with Crippen LogP contribution in [0.1, 0.15) is 27.7 Å². The van der Waals surface area contributed by atoms with Gasteiger partial charge in [-0.3, -0.25) is 0 Å². The summed E-state index contributed by atoms with van der Waals surface area (Å²) < 4.78 is 0. The number of rotatable bonds is 5. The van der Waals surface area contributed by atoms with Crippen LogP contribution >= 0.6 is 11.3 Å². The van der Waals surface area contributed by atoms with Crippen LogP contribution in [0.3, 0.4) is 0 Å². The standard InChI is InChI=1S/C15H16N2O3S/c1-2-10-6-7-21-13(10)9-16-15(20)17-12-5-3-4-11(8-12)14(18)19/h3-8H,2,9H2,1H3,(H,18,19)(H2,16,17,20). The van der Waals surface area contributed by atoms with Gasteiger partial charge in [-0.2, -0.15) is 0 Å². The van der Waals surface area contributed by atoms with Gasteiger partial charge in [-0.1, -0.05) is 13.0 Å². The number of aryl methyl sites for hydroxylation is 1. The van der Waals surface area contributed by atoms with Gasteiger partial charge in [-0.25, -0.2) is 9.59 Å². The second kappa shape index (κ2) is 6.90. The van der Waals surface area contributed by atoms with Crippen molar-refractivity contribution in [2.45, 2.75) is 19.9 Å². The number of aromatic carboxylic acids is 1. The first-order chi connectivity index (χ1) is 10.1. The molecule has 0 saturated heterocycles. The normalized spacial score (nSPS) is 10.1. The molecule has 0 fully saturated rings. The van der Waals surface area contributed by atoms with E-state index >= 15 is 0 Å². The summed E-state index contributed by atoms with van der Waals surface area (Å²) in [5, 5.41) is 16.3. The molecule has 6 heteroatoms. The molecule has 3 N–H and O–H groups in total. The van der Waals surface area contributed by atoms with E-state index in [1.807, 2.05) is 5.38 Å². The zero-order valence-electron chi connectivity index (χ0n) is 11.6. The molecule has 0 spiro atoms. The maximum Gasteiger partial charge on any atom is 0.335 e. The zero-order valence-corrected chi connectivity index (χ0v) is 12.4. The third kappa shape index (κ3) is 4.06. The molecule has 0 aliphatic carbocycles. The number of nitrogens with one attached hydrogen (secondary N) is 2. The average Bonchev–Trinajstić information content (AvgIpc) is 2.93. The van der Waals surface area contributed by atoms with Crippen LogP contribution in [0.5, 0.6) is 0 Å². The SMILES string of the molecule is CCc1ccsc1CNC(=O)Nc1cccc(C(=O)O)c1. The first kappa shape index (κ1) is 15.1. The highest BCUT2D eigenvalue weighted by Gasteiger charge is 2.07. The lowest BCUT2D eigenvalue weighted by atomic mass is 10.2. The minimum Gasteiger partial charge on any atom is -0.478 e. The number of benzene rings is 1. The Kier molecular flexibility index (Phi) is 4.94. The number of carboxylic acid groups (broad SMARTS) is 1. The molecule has 1 aromatic heterocycles. The van der Waals surface area contributed by atoms with Crippen LogP contribution in [-0.4, -0.2) is 17.1 Å².